The van der Waals surface area contributed by atoms with Crippen molar-refractivity contribution in [2.45, 2.75) is 31.6 Å². The van der Waals surface area contributed by atoms with E-state index in [0.717, 1.165) is 5.69 Å². The molecule has 5 heteroatoms. The zero-order valence-electron chi connectivity index (χ0n) is 9.33. The van der Waals surface area contributed by atoms with E-state index in [-0.39, 0.29) is 6.42 Å². The van der Waals surface area contributed by atoms with Crippen LogP contribution in [0.4, 0.5) is 0 Å². The fraction of sp³-hybridized carbons (Fsp3) is 0.417. The molecule has 0 unspecified atom stereocenters. The van der Waals surface area contributed by atoms with Crippen molar-refractivity contribution in [3.63, 3.8) is 0 Å². The van der Waals surface area contributed by atoms with E-state index in [2.05, 4.69) is 10.1 Å². The Morgan fingerprint density at radius 3 is 2.94 bits per heavy atom. The Morgan fingerprint density at radius 2 is 2.29 bits per heavy atom. The largest absolute Gasteiger partial charge is 0.481 e. The van der Waals surface area contributed by atoms with Crippen LogP contribution in [-0.2, 0) is 11.2 Å². The fourth-order valence-electron chi connectivity index (χ4n) is 2.13. The van der Waals surface area contributed by atoms with E-state index in [1.807, 2.05) is 12.1 Å². The minimum absolute atomic E-state index is 0.0394. The molecule has 1 N–H and O–H groups in total. The highest BCUT2D eigenvalue weighted by atomic mass is 16.4. The Labute approximate surface area is 98.1 Å². The lowest BCUT2D eigenvalue weighted by Crippen LogP contribution is -2.13. The van der Waals surface area contributed by atoms with Crippen molar-refractivity contribution in [1.29, 1.82) is 0 Å². The van der Waals surface area contributed by atoms with Gasteiger partial charge in [-0.1, -0.05) is 6.42 Å². The van der Waals surface area contributed by atoms with Crippen LogP contribution in [-0.4, -0.2) is 25.7 Å². The second-order valence-corrected chi connectivity index (χ2v) is 4.48. The predicted molar refractivity (Wildman–Crippen MR) is 60.9 cm³/mol. The van der Waals surface area contributed by atoms with Crippen molar-refractivity contribution in [2.24, 2.45) is 0 Å². The summed E-state index contributed by atoms with van der Waals surface area (Å²) in [5.41, 5.74) is 2.39. The molecule has 2 aromatic heterocycles. The SMILES string of the molecule is O=C(O)Cc1cnc2ccc(C3CCC3)nn12. The molecule has 0 aliphatic heterocycles. The molecule has 5 nitrogen and oxygen atoms in total. The highest BCUT2D eigenvalue weighted by Crippen LogP contribution is 2.35. The van der Waals surface area contributed by atoms with Crippen LogP contribution in [0.25, 0.3) is 5.65 Å². The first-order valence-electron chi connectivity index (χ1n) is 5.79. The molecule has 0 atom stereocenters. The molecule has 0 aromatic carbocycles. The summed E-state index contributed by atoms with van der Waals surface area (Å²) < 4.78 is 1.65. The normalized spacial score (nSPS) is 16.0. The van der Waals surface area contributed by atoms with Crippen LogP contribution in [0.3, 0.4) is 0 Å². The molecule has 2 heterocycles. The fourth-order valence-corrected chi connectivity index (χ4v) is 2.13. The van der Waals surface area contributed by atoms with Gasteiger partial charge in [-0.05, 0) is 25.0 Å². The Bertz CT molecular complexity index is 572. The monoisotopic (exact) mass is 231 g/mol. The van der Waals surface area contributed by atoms with Crippen LogP contribution in [0.2, 0.25) is 0 Å². The van der Waals surface area contributed by atoms with Gasteiger partial charge in [0, 0.05) is 5.92 Å². The number of fused-ring (bicyclic) bond motifs is 1. The van der Waals surface area contributed by atoms with Crippen molar-refractivity contribution >= 4 is 11.6 Å². The number of hydrogen-bond donors (Lipinski definition) is 1. The summed E-state index contributed by atoms with van der Waals surface area (Å²) in [7, 11) is 0. The van der Waals surface area contributed by atoms with Crippen molar-refractivity contribution < 1.29 is 9.90 Å². The summed E-state index contributed by atoms with van der Waals surface area (Å²) in [5, 5.41) is 13.3. The van der Waals surface area contributed by atoms with Crippen LogP contribution in [0.1, 0.15) is 36.6 Å². The van der Waals surface area contributed by atoms with Gasteiger partial charge in [0.05, 0.1) is 24.0 Å². The van der Waals surface area contributed by atoms with Crippen molar-refractivity contribution in [2.75, 3.05) is 0 Å². The van der Waals surface area contributed by atoms with Crippen molar-refractivity contribution in [1.82, 2.24) is 14.6 Å². The van der Waals surface area contributed by atoms with Gasteiger partial charge in [-0.3, -0.25) is 4.79 Å². The van der Waals surface area contributed by atoms with Gasteiger partial charge in [0.15, 0.2) is 5.65 Å². The maximum atomic E-state index is 10.7. The van der Waals surface area contributed by atoms with Gasteiger partial charge < -0.3 is 5.11 Å². The summed E-state index contributed by atoms with van der Waals surface area (Å²) in [6.45, 7) is 0. The molecule has 88 valence electrons. The Hall–Kier alpha value is -1.91. The zero-order chi connectivity index (χ0) is 11.8. The van der Waals surface area contributed by atoms with E-state index in [9.17, 15) is 4.79 Å². The van der Waals surface area contributed by atoms with E-state index < -0.39 is 5.97 Å². The Morgan fingerprint density at radius 1 is 1.47 bits per heavy atom. The van der Waals surface area contributed by atoms with Gasteiger partial charge in [-0.15, -0.1) is 0 Å². The number of rotatable bonds is 3. The molecule has 0 saturated heterocycles. The molecule has 1 saturated carbocycles. The van der Waals surface area contributed by atoms with Crippen LogP contribution >= 0.6 is 0 Å². The van der Waals surface area contributed by atoms with Gasteiger partial charge in [0.1, 0.15) is 0 Å². The first-order valence-corrected chi connectivity index (χ1v) is 5.79. The second kappa shape index (κ2) is 3.84. The minimum atomic E-state index is -0.859. The molecule has 17 heavy (non-hydrogen) atoms. The molecule has 1 aliphatic rings. The summed E-state index contributed by atoms with van der Waals surface area (Å²) in [4.78, 5) is 14.9. The number of carboxylic acids is 1. The summed E-state index contributed by atoms with van der Waals surface area (Å²) in [6.07, 6.45) is 5.17. The third-order valence-corrected chi connectivity index (χ3v) is 3.31. The van der Waals surface area contributed by atoms with E-state index in [1.165, 1.54) is 19.3 Å². The lowest BCUT2D eigenvalue weighted by molar-refractivity contribution is -0.136. The third kappa shape index (κ3) is 1.77. The second-order valence-electron chi connectivity index (χ2n) is 4.48. The van der Waals surface area contributed by atoms with Crippen LogP contribution in [0, 0.1) is 0 Å². The van der Waals surface area contributed by atoms with Gasteiger partial charge in [-0.25, -0.2) is 9.50 Å². The zero-order valence-corrected chi connectivity index (χ0v) is 9.33. The number of aromatic nitrogens is 3. The topological polar surface area (TPSA) is 67.5 Å². The molecule has 1 fully saturated rings. The first kappa shape index (κ1) is 10.3. The molecular formula is C12H13N3O2. The molecule has 1 aliphatic carbocycles. The van der Waals surface area contributed by atoms with E-state index in [4.69, 9.17) is 5.11 Å². The average Bonchev–Trinajstić information content (AvgIpc) is 2.58. The Kier molecular flexibility index (Phi) is 2.31. The van der Waals surface area contributed by atoms with Crippen molar-refractivity contribution in [3.8, 4) is 0 Å². The van der Waals surface area contributed by atoms with Crippen LogP contribution in [0.5, 0.6) is 0 Å². The van der Waals surface area contributed by atoms with Crippen LogP contribution < -0.4 is 0 Å². The van der Waals surface area contributed by atoms with E-state index in [1.54, 1.807) is 10.7 Å². The maximum absolute atomic E-state index is 10.7. The Balaban J connectivity index is 2.02. The number of imidazole rings is 1. The molecular weight excluding hydrogens is 218 g/mol. The number of carboxylic acid groups (broad SMARTS) is 1. The van der Waals surface area contributed by atoms with E-state index in [0.29, 0.717) is 17.3 Å². The third-order valence-electron chi connectivity index (χ3n) is 3.31. The van der Waals surface area contributed by atoms with Crippen LogP contribution in [0.15, 0.2) is 18.3 Å². The number of hydrogen-bond acceptors (Lipinski definition) is 3. The lowest BCUT2D eigenvalue weighted by Gasteiger charge is -2.24. The molecule has 3 rings (SSSR count). The van der Waals surface area contributed by atoms with Gasteiger partial charge in [0.25, 0.3) is 0 Å². The molecule has 0 bridgehead atoms. The number of carbonyl (C=O) groups is 1. The van der Waals surface area contributed by atoms with E-state index >= 15 is 0 Å². The molecule has 0 radical (unpaired) electrons. The van der Waals surface area contributed by atoms with Gasteiger partial charge >= 0.3 is 5.97 Å². The molecule has 0 amide bonds. The van der Waals surface area contributed by atoms with Gasteiger partial charge in [-0.2, -0.15) is 5.10 Å². The number of aliphatic carboxylic acids is 1. The molecule has 2 aromatic rings. The summed E-state index contributed by atoms with van der Waals surface area (Å²) >= 11 is 0. The number of nitrogens with zero attached hydrogens (tertiary/aromatic N) is 3. The quantitative estimate of drug-likeness (QED) is 0.871. The first-order chi connectivity index (χ1) is 8.24. The smallest absolute Gasteiger partial charge is 0.309 e. The highest BCUT2D eigenvalue weighted by Gasteiger charge is 2.21. The predicted octanol–water partition coefficient (Wildman–Crippen LogP) is 1.62. The standard InChI is InChI=1S/C12H13N3O2/c16-12(17)6-9-7-13-11-5-4-10(14-15(9)11)8-2-1-3-8/h4-5,7-8H,1-3,6H2,(H,16,17). The van der Waals surface area contributed by atoms with Crippen molar-refractivity contribution in [3.05, 3.63) is 29.7 Å². The van der Waals surface area contributed by atoms with Gasteiger partial charge in [0.2, 0.25) is 0 Å². The average molecular weight is 231 g/mol. The summed E-state index contributed by atoms with van der Waals surface area (Å²) in [5.74, 6) is -0.317. The maximum Gasteiger partial charge on any atom is 0.309 e. The molecule has 0 spiro atoms. The minimum Gasteiger partial charge on any atom is -0.481 e. The highest BCUT2D eigenvalue weighted by molar-refractivity contribution is 5.69. The lowest BCUT2D eigenvalue weighted by atomic mass is 9.83. The summed E-state index contributed by atoms with van der Waals surface area (Å²) in [6, 6.07) is 3.91.